The fraction of sp³-hybridized carbons (Fsp3) is 0.350. The molecule has 1 amide bonds. The van der Waals surface area contributed by atoms with Crippen LogP contribution < -0.4 is 19.3 Å². The van der Waals surface area contributed by atoms with E-state index in [4.69, 9.17) is 9.47 Å². The molecule has 0 aromatic heterocycles. The van der Waals surface area contributed by atoms with Gasteiger partial charge in [-0.05, 0) is 38.1 Å². The van der Waals surface area contributed by atoms with E-state index in [2.05, 4.69) is 24.8 Å². The highest BCUT2D eigenvalue weighted by Gasteiger charge is 2.31. The fourth-order valence-corrected chi connectivity index (χ4v) is 3.39. The van der Waals surface area contributed by atoms with Gasteiger partial charge in [0, 0.05) is 30.8 Å². The third-order valence-electron chi connectivity index (χ3n) is 4.65. The number of hydrogen-bond donors (Lipinski definition) is 0. The summed E-state index contributed by atoms with van der Waals surface area (Å²) in [5.41, 5.74) is 2.59. The number of anilines is 2. The maximum Gasteiger partial charge on any atom is 0.258 e. The van der Waals surface area contributed by atoms with Crippen molar-refractivity contribution < 1.29 is 14.3 Å². The molecule has 132 valence electrons. The SMILES string of the molecule is CCN1c2ccccc2N(C(=O)c2cc(OC)cc(OC)c2)CC1C. The van der Waals surface area contributed by atoms with Gasteiger partial charge in [-0.15, -0.1) is 0 Å². The number of methoxy groups -OCH3 is 2. The lowest BCUT2D eigenvalue weighted by Gasteiger charge is -2.42. The number of rotatable bonds is 4. The first-order chi connectivity index (χ1) is 12.1. The van der Waals surface area contributed by atoms with Crippen LogP contribution in [0.4, 0.5) is 11.4 Å². The smallest absolute Gasteiger partial charge is 0.258 e. The molecule has 25 heavy (non-hydrogen) atoms. The average molecular weight is 340 g/mol. The number of nitrogens with zero attached hydrogens (tertiary/aromatic N) is 2. The lowest BCUT2D eigenvalue weighted by molar-refractivity contribution is 0.0983. The molecule has 2 aromatic carbocycles. The van der Waals surface area contributed by atoms with Crippen LogP contribution in [0.1, 0.15) is 24.2 Å². The quantitative estimate of drug-likeness (QED) is 0.853. The second-order valence-corrected chi connectivity index (χ2v) is 6.14. The first kappa shape index (κ1) is 17.1. The number of para-hydroxylation sites is 2. The van der Waals surface area contributed by atoms with Gasteiger partial charge < -0.3 is 19.3 Å². The van der Waals surface area contributed by atoms with Crippen molar-refractivity contribution in [3.8, 4) is 11.5 Å². The number of ether oxygens (including phenoxy) is 2. The van der Waals surface area contributed by atoms with Crippen LogP contribution in [0.2, 0.25) is 0 Å². The predicted molar refractivity (Wildman–Crippen MR) is 100 cm³/mol. The predicted octanol–water partition coefficient (Wildman–Crippen LogP) is 3.58. The van der Waals surface area contributed by atoms with Crippen LogP contribution in [-0.2, 0) is 0 Å². The van der Waals surface area contributed by atoms with Gasteiger partial charge in [-0.1, -0.05) is 12.1 Å². The van der Waals surface area contributed by atoms with E-state index in [1.165, 1.54) is 0 Å². The lowest BCUT2D eigenvalue weighted by atomic mass is 10.1. The Morgan fingerprint density at radius 3 is 2.24 bits per heavy atom. The minimum absolute atomic E-state index is 0.0488. The van der Waals surface area contributed by atoms with E-state index in [9.17, 15) is 4.79 Å². The highest BCUT2D eigenvalue weighted by molar-refractivity contribution is 6.09. The van der Waals surface area contributed by atoms with Crippen LogP contribution in [0, 0.1) is 0 Å². The average Bonchev–Trinajstić information content (AvgIpc) is 2.66. The molecule has 5 heteroatoms. The van der Waals surface area contributed by atoms with E-state index >= 15 is 0 Å². The van der Waals surface area contributed by atoms with Crippen LogP contribution in [0.5, 0.6) is 11.5 Å². The fourth-order valence-electron chi connectivity index (χ4n) is 3.39. The minimum Gasteiger partial charge on any atom is -0.497 e. The van der Waals surface area contributed by atoms with Gasteiger partial charge in [0.05, 0.1) is 25.6 Å². The molecular weight excluding hydrogens is 316 g/mol. The van der Waals surface area contributed by atoms with Gasteiger partial charge in [0.1, 0.15) is 11.5 Å². The van der Waals surface area contributed by atoms with Crippen LogP contribution >= 0.6 is 0 Å². The van der Waals surface area contributed by atoms with Gasteiger partial charge in [-0.25, -0.2) is 0 Å². The third kappa shape index (κ3) is 3.14. The van der Waals surface area contributed by atoms with E-state index in [0.717, 1.165) is 17.9 Å². The van der Waals surface area contributed by atoms with E-state index in [1.807, 2.05) is 23.1 Å². The first-order valence-corrected chi connectivity index (χ1v) is 8.49. The Kier molecular flexibility index (Phi) is 4.83. The molecular formula is C20H24N2O3. The van der Waals surface area contributed by atoms with Crippen molar-refractivity contribution in [2.24, 2.45) is 0 Å². The lowest BCUT2D eigenvalue weighted by Crippen LogP contribution is -2.49. The maximum absolute atomic E-state index is 13.2. The molecule has 1 unspecified atom stereocenters. The van der Waals surface area contributed by atoms with Crippen molar-refractivity contribution in [2.45, 2.75) is 19.9 Å². The van der Waals surface area contributed by atoms with Crippen molar-refractivity contribution in [2.75, 3.05) is 37.1 Å². The van der Waals surface area contributed by atoms with Crippen molar-refractivity contribution in [1.82, 2.24) is 0 Å². The summed E-state index contributed by atoms with van der Waals surface area (Å²) in [5.74, 6) is 1.17. The Hall–Kier alpha value is -2.69. The van der Waals surface area contributed by atoms with Gasteiger partial charge in [0.25, 0.3) is 5.91 Å². The maximum atomic E-state index is 13.2. The Labute approximate surface area is 148 Å². The summed E-state index contributed by atoms with van der Waals surface area (Å²) in [6, 6.07) is 13.6. The van der Waals surface area contributed by atoms with E-state index in [0.29, 0.717) is 23.6 Å². The van der Waals surface area contributed by atoms with Crippen LogP contribution in [0.15, 0.2) is 42.5 Å². The van der Waals surface area contributed by atoms with Crippen molar-refractivity contribution in [3.63, 3.8) is 0 Å². The summed E-state index contributed by atoms with van der Waals surface area (Å²) in [6.45, 7) is 5.83. The largest absolute Gasteiger partial charge is 0.497 e. The molecule has 1 aliphatic rings. The number of carbonyl (C=O) groups is 1. The summed E-state index contributed by atoms with van der Waals surface area (Å²) >= 11 is 0. The number of hydrogen-bond acceptors (Lipinski definition) is 4. The highest BCUT2D eigenvalue weighted by Crippen LogP contribution is 2.36. The Balaban J connectivity index is 2.03. The van der Waals surface area contributed by atoms with Gasteiger partial charge in [-0.2, -0.15) is 0 Å². The molecule has 0 fully saturated rings. The highest BCUT2D eigenvalue weighted by atomic mass is 16.5. The first-order valence-electron chi connectivity index (χ1n) is 8.49. The molecule has 0 saturated heterocycles. The zero-order valence-corrected chi connectivity index (χ0v) is 15.2. The summed E-state index contributed by atoms with van der Waals surface area (Å²) in [4.78, 5) is 17.4. The molecule has 0 N–H and O–H groups in total. The molecule has 2 aromatic rings. The zero-order chi connectivity index (χ0) is 18.0. The normalized spacial score (nSPS) is 16.4. The molecule has 1 atom stereocenters. The summed E-state index contributed by atoms with van der Waals surface area (Å²) in [7, 11) is 3.17. The van der Waals surface area contributed by atoms with Crippen molar-refractivity contribution in [3.05, 3.63) is 48.0 Å². The molecule has 5 nitrogen and oxygen atoms in total. The Morgan fingerprint density at radius 1 is 1.08 bits per heavy atom. The summed E-state index contributed by atoms with van der Waals surface area (Å²) in [5, 5.41) is 0. The van der Waals surface area contributed by atoms with Crippen molar-refractivity contribution >= 4 is 17.3 Å². The molecule has 0 spiro atoms. The zero-order valence-electron chi connectivity index (χ0n) is 15.2. The minimum atomic E-state index is -0.0488. The third-order valence-corrected chi connectivity index (χ3v) is 4.65. The molecule has 0 aliphatic carbocycles. The van der Waals surface area contributed by atoms with Gasteiger partial charge in [0.2, 0.25) is 0 Å². The molecule has 3 rings (SSSR count). The topological polar surface area (TPSA) is 42.0 Å². The summed E-state index contributed by atoms with van der Waals surface area (Å²) < 4.78 is 10.6. The molecule has 0 bridgehead atoms. The Morgan fingerprint density at radius 2 is 1.68 bits per heavy atom. The summed E-state index contributed by atoms with van der Waals surface area (Å²) in [6.07, 6.45) is 0. The standard InChI is InChI=1S/C20H24N2O3/c1-5-21-14(2)13-22(19-9-7-6-8-18(19)21)20(23)15-10-16(24-3)12-17(11-15)25-4/h6-12,14H,5,13H2,1-4H3. The Bertz CT molecular complexity index is 753. The molecule has 1 heterocycles. The van der Waals surface area contributed by atoms with Crippen molar-refractivity contribution in [1.29, 1.82) is 0 Å². The number of carbonyl (C=O) groups excluding carboxylic acids is 1. The van der Waals surface area contributed by atoms with E-state index in [1.54, 1.807) is 32.4 Å². The van der Waals surface area contributed by atoms with Crippen LogP contribution in [0.3, 0.4) is 0 Å². The van der Waals surface area contributed by atoms with E-state index < -0.39 is 0 Å². The number of benzene rings is 2. The number of amides is 1. The number of likely N-dealkylation sites (N-methyl/N-ethyl adjacent to an activating group) is 1. The van der Waals surface area contributed by atoms with Crippen LogP contribution in [0.25, 0.3) is 0 Å². The second-order valence-electron chi connectivity index (χ2n) is 6.14. The van der Waals surface area contributed by atoms with Gasteiger partial charge >= 0.3 is 0 Å². The molecule has 1 aliphatic heterocycles. The molecule has 0 radical (unpaired) electrons. The number of fused-ring (bicyclic) bond motifs is 1. The van der Waals surface area contributed by atoms with Gasteiger partial charge in [-0.3, -0.25) is 4.79 Å². The molecule has 0 saturated carbocycles. The monoisotopic (exact) mass is 340 g/mol. The van der Waals surface area contributed by atoms with Crippen LogP contribution in [-0.4, -0.2) is 39.3 Å². The second kappa shape index (κ2) is 7.05. The van der Waals surface area contributed by atoms with E-state index in [-0.39, 0.29) is 11.9 Å². The van der Waals surface area contributed by atoms with Gasteiger partial charge in [0.15, 0.2) is 0 Å².